The third-order valence-corrected chi connectivity index (χ3v) is 2.05. The second-order valence-electron chi connectivity index (χ2n) is 3.39. The van der Waals surface area contributed by atoms with E-state index in [2.05, 4.69) is 19.8 Å². The molecule has 1 unspecified atom stereocenters. The molecule has 1 rings (SSSR count). The summed E-state index contributed by atoms with van der Waals surface area (Å²) in [6, 6.07) is 7.76. The predicted octanol–water partition coefficient (Wildman–Crippen LogP) is 2.48. The summed E-state index contributed by atoms with van der Waals surface area (Å²) in [5.41, 5.74) is 2.00. The summed E-state index contributed by atoms with van der Waals surface area (Å²) < 4.78 is 0. The summed E-state index contributed by atoms with van der Waals surface area (Å²) in [7, 11) is 0. The van der Waals surface area contributed by atoms with E-state index >= 15 is 0 Å². The molecule has 1 aromatic carbocycles. The van der Waals surface area contributed by atoms with Gasteiger partial charge in [0.2, 0.25) is 0 Å². The summed E-state index contributed by atoms with van der Waals surface area (Å²) in [6.45, 7) is 4.22. The Labute approximate surface area is 79.4 Å². The highest BCUT2D eigenvalue weighted by atomic mass is 16.3. The molecule has 0 aromatic heterocycles. The smallest absolute Gasteiger partial charge is 0.139 e. The highest BCUT2D eigenvalue weighted by molar-refractivity contribution is 5.30. The first kappa shape index (κ1) is 9.83. The quantitative estimate of drug-likeness (QED) is 0.683. The number of hydrogen-bond donors (Lipinski definition) is 1. The molecule has 1 atom stereocenters. The molecule has 0 heterocycles. The number of benzene rings is 1. The molecule has 1 heteroatoms. The van der Waals surface area contributed by atoms with E-state index in [9.17, 15) is 5.11 Å². The molecule has 0 aliphatic carbocycles. The Bertz CT molecular complexity index is 320. The van der Waals surface area contributed by atoms with Crippen LogP contribution in [-0.4, -0.2) is 5.11 Å². The molecule has 0 amide bonds. The molecular formula is C12H14O. The van der Waals surface area contributed by atoms with Gasteiger partial charge in [-0.1, -0.05) is 44.0 Å². The van der Waals surface area contributed by atoms with Crippen LogP contribution in [0.3, 0.4) is 0 Å². The van der Waals surface area contributed by atoms with Crippen molar-refractivity contribution in [3.05, 3.63) is 35.4 Å². The Balaban J connectivity index is 3.00. The average Bonchev–Trinajstić information content (AvgIpc) is 2.17. The molecule has 68 valence electrons. The van der Waals surface area contributed by atoms with Crippen LogP contribution in [-0.2, 0) is 0 Å². The molecule has 1 N–H and O–H groups in total. The van der Waals surface area contributed by atoms with Crippen molar-refractivity contribution in [2.45, 2.75) is 25.9 Å². The number of aliphatic hydroxyl groups is 1. The molecule has 0 aliphatic rings. The van der Waals surface area contributed by atoms with E-state index in [0.29, 0.717) is 5.92 Å². The molecule has 13 heavy (non-hydrogen) atoms. The third kappa shape index (κ3) is 2.34. The Hall–Kier alpha value is -1.26. The Kier molecular flexibility index (Phi) is 3.11. The zero-order chi connectivity index (χ0) is 9.84. The monoisotopic (exact) mass is 174 g/mol. The van der Waals surface area contributed by atoms with Crippen molar-refractivity contribution in [3.8, 4) is 12.3 Å². The Morgan fingerprint density at radius 3 is 2.46 bits per heavy atom. The highest BCUT2D eigenvalue weighted by Gasteiger charge is 2.05. The van der Waals surface area contributed by atoms with E-state index in [0.717, 1.165) is 5.56 Å². The van der Waals surface area contributed by atoms with Crippen LogP contribution in [0.25, 0.3) is 0 Å². The summed E-state index contributed by atoms with van der Waals surface area (Å²) >= 11 is 0. The van der Waals surface area contributed by atoms with Gasteiger partial charge in [0, 0.05) is 0 Å². The first-order chi connectivity index (χ1) is 6.15. The minimum Gasteiger partial charge on any atom is -0.376 e. The summed E-state index contributed by atoms with van der Waals surface area (Å²) in [4.78, 5) is 0. The number of hydrogen-bond acceptors (Lipinski definition) is 1. The molecule has 0 aliphatic heterocycles. The zero-order valence-corrected chi connectivity index (χ0v) is 7.99. The summed E-state index contributed by atoms with van der Waals surface area (Å²) in [5, 5.41) is 9.40. The van der Waals surface area contributed by atoms with Gasteiger partial charge in [-0.25, -0.2) is 0 Å². The SMILES string of the molecule is C#CC(O)c1cccc(C(C)C)c1. The molecular weight excluding hydrogens is 160 g/mol. The van der Waals surface area contributed by atoms with Gasteiger partial charge in [-0.15, -0.1) is 6.42 Å². The number of rotatable bonds is 2. The first-order valence-corrected chi connectivity index (χ1v) is 4.39. The van der Waals surface area contributed by atoms with Crippen molar-refractivity contribution < 1.29 is 5.11 Å². The van der Waals surface area contributed by atoms with Gasteiger partial charge in [-0.05, 0) is 17.0 Å². The Morgan fingerprint density at radius 1 is 1.31 bits per heavy atom. The van der Waals surface area contributed by atoms with Gasteiger partial charge in [0.1, 0.15) is 6.10 Å². The normalized spacial score (nSPS) is 12.5. The van der Waals surface area contributed by atoms with Crippen molar-refractivity contribution in [2.24, 2.45) is 0 Å². The van der Waals surface area contributed by atoms with Crippen LogP contribution in [0, 0.1) is 12.3 Å². The molecule has 0 saturated heterocycles. The van der Waals surface area contributed by atoms with E-state index in [1.165, 1.54) is 5.56 Å². The lowest BCUT2D eigenvalue weighted by Gasteiger charge is -2.09. The lowest BCUT2D eigenvalue weighted by atomic mass is 9.99. The van der Waals surface area contributed by atoms with Crippen LogP contribution in [0.4, 0.5) is 0 Å². The van der Waals surface area contributed by atoms with Crippen molar-refractivity contribution >= 4 is 0 Å². The van der Waals surface area contributed by atoms with Crippen molar-refractivity contribution in [1.29, 1.82) is 0 Å². The molecule has 0 saturated carbocycles. The summed E-state index contributed by atoms with van der Waals surface area (Å²) in [5.74, 6) is 2.77. The van der Waals surface area contributed by atoms with Gasteiger partial charge in [0.05, 0.1) is 0 Å². The van der Waals surface area contributed by atoms with Gasteiger partial charge in [0.25, 0.3) is 0 Å². The topological polar surface area (TPSA) is 20.2 Å². The van der Waals surface area contributed by atoms with Gasteiger partial charge < -0.3 is 5.11 Å². The second kappa shape index (κ2) is 4.11. The maximum atomic E-state index is 9.40. The molecule has 1 nitrogen and oxygen atoms in total. The van der Waals surface area contributed by atoms with Crippen molar-refractivity contribution in [2.75, 3.05) is 0 Å². The van der Waals surface area contributed by atoms with Gasteiger partial charge in [-0.3, -0.25) is 0 Å². The fraction of sp³-hybridized carbons (Fsp3) is 0.333. The van der Waals surface area contributed by atoms with E-state index in [1.54, 1.807) is 0 Å². The highest BCUT2D eigenvalue weighted by Crippen LogP contribution is 2.19. The van der Waals surface area contributed by atoms with Crippen LogP contribution < -0.4 is 0 Å². The predicted molar refractivity (Wildman–Crippen MR) is 54.3 cm³/mol. The van der Waals surface area contributed by atoms with Gasteiger partial charge in [-0.2, -0.15) is 0 Å². The molecule has 0 fully saturated rings. The van der Waals surface area contributed by atoms with Crippen molar-refractivity contribution in [1.82, 2.24) is 0 Å². The minimum absolute atomic E-state index is 0.463. The van der Waals surface area contributed by atoms with Crippen LogP contribution >= 0.6 is 0 Å². The lowest BCUT2D eigenvalue weighted by Crippen LogP contribution is -1.95. The molecule has 0 radical (unpaired) electrons. The standard InChI is InChI=1S/C12H14O/c1-4-12(13)11-7-5-6-10(8-11)9(2)3/h1,5-9,12-13H,2-3H3. The largest absolute Gasteiger partial charge is 0.376 e. The van der Waals surface area contributed by atoms with Crippen LogP contribution in [0.1, 0.15) is 37.0 Å². The minimum atomic E-state index is -0.779. The molecule has 0 bridgehead atoms. The molecule has 1 aromatic rings. The number of aliphatic hydroxyl groups excluding tert-OH is 1. The third-order valence-electron chi connectivity index (χ3n) is 2.05. The number of terminal acetylenes is 1. The van der Waals surface area contributed by atoms with E-state index in [4.69, 9.17) is 6.42 Å². The fourth-order valence-corrected chi connectivity index (χ4v) is 1.18. The van der Waals surface area contributed by atoms with E-state index in [-0.39, 0.29) is 0 Å². The summed E-state index contributed by atoms with van der Waals surface area (Å²) in [6.07, 6.45) is 4.35. The lowest BCUT2D eigenvalue weighted by molar-refractivity contribution is 0.238. The van der Waals surface area contributed by atoms with Crippen LogP contribution in [0.2, 0.25) is 0 Å². The molecule has 0 spiro atoms. The van der Waals surface area contributed by atoms with Crippen molar-refractivity contribution in [3.63, 3.8) is 0 Å². The zero-order valence-electron chi connectivity index (χ0n) is 7.99. The average molecular weight is 174 g/mol. The maximum absolute atomic E-state index is 9.40. The first-order valence-electron chi connectivity index (χ1n) is 4.39. The van der Waals surface area contributed by atoms with Gasteiger partial charge in [0.15, 0.2) is 0 Å². The van der Waals surface area contributed by atoms with Crippen LogP contribution in [0.15, 0.2) is 24.3 Å². The fourth-order valence-electron chi connectivity index (χ4n) is 1.18. The Morgan fingerprint density at radius 2 is 1.92 bits per heavy atom. The van der Waals surface area contributed by atoms with Gasteiger partial charge >= 0.3 is 0 Å². The van der Waals surface area contributed by atoms with E-state index in [1.807, 2.05) is 24.3 Å². The van der Waals surface area contributed by atoms with E-state index < -0.39 is 6.10 Å². The maximum Gasteiger partial charge on any atom is 0.139 e. The second-order valence-corrected chi connectivity index (χ2v) is 3.39. The van der Waals surface area contributed by atoms with Crippen LogP contribution in [0.5, 0.6) is 0 Å².